The Morgan fingerprint density at radius 1 is 1.12 bits per heavy atom. The summed E-state index contributed by atoms with van der Waals surface area (Å²) >= 11 is 0. The van der Waals surface area contributed by atoms with E-state index in [-0.39, 0.29) is 11.7 Å². The number of ketones is 1. The normalized spacial score (nSPS) is 14.8. The van der Waals surface area contributed by atoms with E-state index in [0.717, 1.165) is 10.5 Å². The number of Topliss-reactive ketones (excluding diaryl/α,β-unsaturated/α-hetero) is 1. The summed E-state index contributed by atoms with van der Waals surface area (Å²) in [4.78, 5) is 12.5. The molecule has 1 aromatic carbocycles. The standard InChI is InChI=1S/C13H18O2S/c1-9(2)13(14)11(4)16(15)12-7-5-10(3)6-8-12/h5-9,11H,1-4H3/t11-,16+/m0/s1. The first-order chi connectivity index (χ1) is 7.43. The summed E-state index contributed by atoms with van der Waals surface area (Å²) in [5.74, 6) is -0.0108. The van der Waals surface area contributed by atoms with Crippen LogP contribution in [-0.2, 0) is 15.6 Å². The monoisotopic (exact) mass is 238 g/mol. The highest BCUT2D eigenvalue weighted by atomic mass is 32.2. The average molecular weight is 238 g/mol. The highest BCUT2D eigenvalue weighted by Crippen LogP contribution is 2.15. The van der Waals surface area contributed by atoms with Gasteiger partial charge in [0.25, 0.3) is 0 Å². The molecule has 88 valence electrons. The third kappa shape index (κ3) is 3.01. The summed E-state index contributed by atoms with van der Waals surface area (Å²) in [5, 5.41) is -0.428. The predicted molar refractivity (Wildman–Crippen MR) is 66.9 cm³/mol. The Hall–Kier alpha value is -0.960. The SMILES string of the molecule is Cc1ccc([S@](=O)[C@@H](C)C(=O)C(C)C)cc1. The van der Waals surface area contributed by atoms with Crippen molar-refractivity contribution in [1.82, 2.24) is 0 Å². The van der Waals surface area contributed by atoms with Crippen LogP contribution in [0, 0.1) is 12.8 Å². The first-order valence-electron chi connectivity index (χ1n) is 5.44. The molecule has 0 radical (unpaired) electrons. The maximum Gasteiger partial charge on any atom is 0.151 e. The highest BCUT2D eigenvalue weighted by molar-refractivity contribution is 7.86. The van der Waals surface area contributed by atoms with Gasteiger partial charge in [-0.3, -0.25) is 9.00 Å². The van der Waals surface area contributed by atoms with Gasteiger partial charge in [0.15, 0.2) is 5.78 Å². The van der Waals surface area contributed by atoms with Crippen LogP contribution in [0.25, 0.3) is 0 Å². The number of carbonyl (C=O) groups excluding carboxylic acids is 1. The van der Waals surface area contributed by atoms with Gasteiger partial charge in [-0.1, -0.05) is 31.5 Å². The molecule has 0 amide bonds. The van der Waals surface area contributed by atoms with Gasteiger partial charge in [0.05, 0.1) is 16.0 Å². The van der Waals surface area contributed by atoms with Crippen molar-refractivity contribution in [1.29, 1.82) is 0 Å². The summed E-state index contributed by atoms with van der Waals surface area (Å²) in [6.45, 7) is 7.39. The molecule has 0 heterocycles. The van der Waals surface area contributed by atoms with Crippen LogP contribution >= 0.6 is 0 Å². The Balaban J connectivity index is 2.86. The van der Waals surface area contributed by atoms with Crippen LogP contribution in [0.1, 0.15) is 26.3 Å². The van der Waals surface area contributed by atoms with Crippen LogP contribution in [0.4, 0.5) is 0 Å². The van der Waals surface area contributed by atoms with Crippen LogP contribution in [-0.4, -0.2) is 15.2 Å². The van der Waals surface area contributed by atoms with Crippen molar-refractivity contribution in [2.45, 2.75) is 37.8 Å². The molecule has 0 bridgehead atoms. The fourth-order valence-electron chi connectivity index (χ4n) is 1.45. The molecule has 0 spiro atoms. The number of aryl methyl sites for hydroxylation is 1. The zero-order chi connectivity index (χ0) is 12.3. The van der Waals surface area contributed by atoms with Crippen molar-refractivity contribution < 1.29 is 9.00 Å². The molecule has 0 fully saturated rings. The molecule has 3 heteroatoms. The Labute approximate surface area is 99.5 Å². The van der Waals surface area contributed by atoms with Crippen LogP contribution in [0.5, 0.6) is 0 Å². The lowest BCUT2D eigenvalue weighted by Gasteiger charge is -2.12. The number of hydrogen-bond donors (Lipinski definition) is 0. The van der Waals surface area contributed by atoms with Crippen LogP contribution < -0.4 is 0 Å². The van der Waals surface area contributed by atoms with Crippen molar-refractivity contribution >= 4 is 16.6 Å². The maximum atomic E-state index is 12.1. The lowest BCUT2D eigenvalue weighted by atomic mass is 10.1. The zero-order valence-electron chi connectivity index (χ0n) is 10.2. The second kappa shape index (κ2) is 5.39. The van der Waals surface area contributed by atoms with E-state index in [0.29, 0.717) is 0 Å². The molecular formula is C13H18O2S. The first kappa shape index (κ1) is 13.1. The van der Waals surface area contributed by atoms with E-state index in [2.05, 4.69) is 0 Å². The van der Waals surface area contributed by atoms with Gasteiger partial charge >= 0.3 is 0 Å². The van der Waals surface area contributed by atoms with Gasteiger partial charge in [0.2, 0.25) is 0 Å². The van der Waals surface area contributed by atoms with Gasteiger partial charge < -0.3 is 0 Å². The van der Waals surface area contributed by atoms with Gasteiger partial charge in [-0.05, 0) is 26.0 Å². The molecule has 0 aromatic heterocycles. The number of rotatable bonds is 4. The van der Waals surface area contributed by atoms with Crippen LogP contribution in [0.15, 0.2) is 29.2 Å². The topological polar surface area (TPSA) is 34.1 Å². The first-order valence-corrected chi connectivity index (χ1v) is 6.65. The summed E-state index contributed by atoms with van der Waals surface area (Å²) in [5.41, 5.74) is 1.13. The molecule has 2 nitrogen and oxygen atoms in total. The van der Waals surface area contributed by atoms with Crippen LogP contribution in [0.2, 0.25) is 0 Å². The average Bonchev–Trinajstić information content (AvgIpc) is 2.27. The molecule has 1 aromatic rings. The maximum absolute atomic E-state index is 12.1. The predicted octanol–water partition coefficient (Wildman–Crippen LogP) is 2.72. The van der Waals surface area contributed by atoms with E-state index in [1.807, 2.05) is 45.0 Å². The molecule has 2 atom stereocenters. The summed E-state index contributed by atoms with van der Waals surface area (Å²) in [6, 6.07) is 7.49. The number of carbonyl (C=O) groups is 1. The molecule has 0 aliphatic carbocycles. The Bertz CT molecular complexity index is 393. The minimum atomic E-state index is -1.24. The Morgan fingerprint density at radius 2 is 1.62 bits per heavy atom. The molecule has 16 heavy (non-hydrogen) atoms. The third-order valence-corrected chi connectivity index (χ3v) is 4.16. The third-order valence-electron chi connectivity index (χ3n) is 2.54. The van der Waals surface area contributed by atoms with Crippen molar-refractivity contribution in [2.75, 3.05) is 0 Å². The second-order valence-electron chi connectivity index (χ2n) is 4.31. The van der Waals surface area contributed by atoms with Crippen LogP contribution in [0.3, 0.4) is 0 Å². The lowest BCUT2D eigenvalue weighted by Crippen LogP contribution is -2.26. The van der Waals surface area contributed by atoms with Gasteiger partial charge in [-0.25, -0.2) is 0 Å². The summed E-state index contributed by atoms with van der Waals surface area (Å²) in [7, 11) is -1.24. The molecule has 0 saturated heterocycles. The van der Waals surface area contributed by atoms with E-state index in [9.17, 15) is 9.00 Å². The number of hydrogen-bond acceptors (Lipinski definition) is 2. The minimum absolute atomic E-state index is 0.0545. The van der Waals surface area contributed by atoms with Crippen molar-refractivity contribution in [2.24, 2.45) is 5.92 Å². The molecule has 0 aliphatic heterocycles. The van der Waals surface area contributed by atoms with E-state index >= 15 is 0 Å². The van der Waals surface area contributed by atoms with Gasteiger partial charge in [0, 0.05) is 10.8 Å². The molecule has 0 N–H and O–H groups in total. The van der Waals surface area contributed by atoms with E-state index in [4.69, 9.17) is 0 Å². The van der Waals surface area contributed by atoms with E-state index < -0.39 is 16.0 Å². The van der Waals surface area contributed by atoms with Gasteiger partial charge in [0.1, 0.15) is 0 Å². The fraction of sp³-hybridized carbons (Fsp3) is 0.462. The smallest absolute Gasteiger partial charge is 0.151 e. The lowest BCUT2D eigenvalue weighted by molar-refractivity contribution is -0.121. The summed E-state index contributed by atoms with van der Waals surface area (Å²) in [6.07, 6.45) is 0. The van der Waals surface area contributed by atoms with Gasteiger partial charge in [-0.2, -0.15) is 0 Å². The van der Waals surface area contributed by atoms with E-state index in [1.54, 1.807) is 6.92 Å². The van der Waals surface area contributed by atoms with Crippen molar-refractivity contribution in [3.05, 3.63) is 29.8 Å². The van der Waals surface area contributed by atoms with Crippen molar-refractivity contribution in [3.63, 3.8) is 0 Å². The Kier molecular flexibility index (Phi) is 4.42. The van der Waals surface area contributed by atoms with Crippen molar-refractivity contribution in [3.8, 4) is 0 Å². The molecule has 0 unspecified atom stereocenters. The molecule has 0 saturated carbocycles. The fourth-order valence-corrected chi connectivity index (χ4v) is 2.75. The Morgan fingerprint density at radius 3 is 2.06 bits per heavy atom. The minimum Gasteiger partial charge on any atom is -0.298 e. The highest BCUT2D eigenvalue weighted by Gasteiger charge is 2.23. The summed E-state index contributed by atoms with van der Waals surface area (Å²) < 4.78 is 12.1. The zero-order valence-corrected chi connectivity index (χ0v) is 11.0. The molecule has 0 aliphatic rings. The largest absolute Gasteiger partial charge is 0.298 e. The van der Waals surface area contributed by atoms with Gasteiger partial charge in [-0.15, -0.1) is 0 Å². The number of benzene rings is 1. The molecular weight excluding hydrogens is 220 g/mol. The quantitative estimate of drug-likeness (QED) is 0.808. The second-order valence-corrected chi connectivity index (χ2v) is 6.08. The van der Waals surface area contributed by atoms with E-state index in [1.165, 1.54) is 0 Å². The molecule has 1 rings (SSSR count).